The van der Waals surface area contributed by atoms with Gasteiger partial charge in [0.05, 0.1) is 19.1 Å². The Bertz CT molecular complexity index is 855. The average molecular weight is 424 g/mol. The number of aromatic nitrogens is 2. The van der Waals surface area contributed by atoms with Gasteiger partial charge in [0.1, 0.15) is 4.33 Å². The van der Waals surface area contributed by atoms with Gasteiger partial charge in [-0.15, -0.1) is 23.2 Å². The summed E-state index contributed by atoms with van der Waals surface area (Å²) in [5, 5.41) is 4.46. The number of carbonyl (C=O) groups excluding carboxylic acids is 1. The van der Waals surface area contributed by atoms with Crippen molar-refractivity contribution in [1.29, 1.82) is 0 Å². The van der Waals surface area contributed by atoms with Gasteiger partial charge in [-0.05, 0) is 18.9 Å². The molecular weight excluding hydrogens is 410 g/mol. The summed E-state index contributed by atoms with van der Waals surface area (Å²) < 4.78 is 40.7. The molecule has 0 aliphatic heterocycles. The van der Waals surface area contributed by atoms with Crippen molar-refractivity contribution in [2.45, 2.75) is 30.4 Å². The number of amides is 1. The van der Waals surface area contributed by atoms with Crippen molar-refractivity contribution in [3.63, 3.8) is 0 Å². The molecule has 11 heteroatoms. The van der Waals surface area contributed by atoms with Crippen LogP contribution in [-0.2, 0) is 22.4 Å². The Balaban J connectivity index is 1.72. The molecule has 2 aromatic rings. The smallest absolute Gasteiger partial charge is 0.329 e. The lowest BCUT2D eigenvalue weighted by Crippen LogP contribution is -2.37. The highest BCUT2D eigenvalue weighted by Gasteiger charge is 2.69. The molecule has 1 atom stereocenters. The van der Waals surface area contributed by atoms with Gasteiger partial charge in [-0.2, -0.15) is 18.2 Å². The fourth-order valence-electron chi connectivity index (χ4n) is 2.51. The van der Waals surface area contributed by atoms with Crippen molar-refractivity contribution in [2.24, 2.45) is 5.41 Å². The molecule has 0 radical (unpaired) electrons. The second kappa shape index (κ2) is 6.65. The highest BCUT2D eigenvalue weighted by Crippen LogP contribution is 2.64. The largest absolute Gasteiger partial charge is 0.471 e. The van der Waals surface area contributed by atoms with Crippen molar-refractivity contribution in [1.82, 2.24) is 15.2 Å². The molecule has 1 aliphatic rings. The van der Waals surface area contributed by atoms with E-state index in [1.165, 1.54) is 19.2 Å². The van der Waals surface area contributed by atoms with Gasteiger partial charge >= 0.3 is 12.1 Å². The van der Waals surface area contributed by atoms with E-state index in [1.54, 1.807) is 19.1 Å². The second-order valence-electron chi connectivity index (χ2n) is 6.36. The molecule has 0 saturated heterocycles. The van der Waals surface area contributed by atoms with Crippen LogP contribution in [0.4, 0.5) is 13.2 Å². The van der Waals surface area contributed by atoms with Gasteiger partial charge in [-0.3, -0.25) is 9.63 Å². The normalized spacial score (nSPS) is 21.1. The molecule has 1 unspecified atom stereocenters. The first-order valence-corrected chi connectivity index (χ1v) is 8.48. The molecule has 1 aromatic heterocycles. The Kier molecular flexibility index (Phi) is 4.90. The maximum Gasteiger partial charge on any atom is 0.471 e. The van der Waals surface area contributed by atoms with Crippen LogP contribution < -0.4 is 0 Å². The highest BCUT2D eigenvalue weighted by molar-refractivity contribution is 6.53. The molecule has 1 aromatic carbocycles. The minimum Gasteiger partial charge on any atom is -0.329 e. The number of hydroxylamine groups is 2. The van der Waals surface area contributed by atoms with E-state index >= 15 is 0 Å². The molecule has 1 saturated carbocycles. The summed E-state index contributed by atoms with van der Waals surface area (Å²) >= 11 is 12.1. The van der Waals surface area contributed by atoms with Crippen LogP contribution in [0, 0.1) is 5.41 Å². The molecule has 0 N–H and O–H groups in total. The van der Waals surface area contributed by atoms with Gasteiger partial charge in [0.15, 0.2) is 0 Å². The van der Waals surface area contributed by atoms with Crippen LogP contribution in [0.25, 0.3) is 11.4 Å². The zero-order chi connectivity index (χ0) is 20.0. The molecular formula is C16H14Cl2F3N3O3. The Labute approximate surface area is 162 Å². The zero-order valence-corrected chi connectivity index (χ0v) is 15.7. The van der Waals surface area contributed by atoms with Gasteiger partial charge in [0.25, 0.3) is 5.91 Å². The summed E-state index contributed by atoms with van der Waals surface area (Å²) in [5.41, 5.74) is 0.0838. The summed E-state index contributed by atoms with van der Waals surface area (Å²) in [6.45, 7) is 1.76. The van der Waals surface area contributed by atoms with Gasteiger partial charge < -0.3 is 4.52 Å². The number of alkyl halides is 5. The molecule has 1 amide bonds. The Morgan fingerprint density at radius 2 is 1.93 bits per heavy atom. The van der Waals surface area contributed by atoms with Crippen molar-refractivity contribution in [2.75, 3.05) is 7.11 Å². The van der Waals surface area contributed by atoms with E-state index in [0.717, 1.165) is 5.06 Å². The van der Waals surface area contributed by atoms with Gasteiger partial charge in [-0.25, -0.2) is 5.06 Å². The van der Waals surface area contributed by atoms with Crippen LogP contribution in [0.15, 0.2) is 28.8 Å². The first-order chi connectivity index (χ1) is 12.5. The third kappa shape index (κ3) is 3.76. The van der Waals surface area contributed by atoms with Crippen LogP contribution in [-0.4, -0.2) is 32.6 Å². The highest BCUT2D eigenvalue weighted by atomic mass is 35.5. The Hall–Kier alpha value is -1.84. The fourth-order valence-corrected chi connectivity index (χ4v) is 3.20. The van der Waals surface area contributed by atoms with E-state index < -0.39 is 21.8 Å². The van der Waals surface area contributed by atoms with E-state index in [-0.39, 0.29) is 18.3 Å². The van der Waals surface area contributed by atoms with Gasteiger partial charge in [0, 0.05) is 5.56 Å². The number of halogens is 5. The van der Waals surface area contributed by atoms with Crippen molar-refractivity contribution < 1.29 is 27.3 Å². The van der Waals surface area contributed by atoms with Crippen LogP contribution in [0.1, 0.15) is 24.8 Å². The predicted molar refractivity (Wildman–Crippen MR) is 89.5 cm³/mol. The van der Waals surface area contributed by atoms with Crippen LogP contribution in [0.2, 0.25) is 0 Å². The summed E-state index contributed by atoms with van der Waals surface area (Å²) in [5.74, 6) is -1.96. The quantitative estimate of drug-likeness (QED) is 0.531. The molecule has 3 rings (SSSR count). The van der Waals surface area contributed by atoms with Crippen LogP contribution in [0.5, 0.6) is 0 Å². The van der Waals surface area contributed by atoms with E-state index in [2.05, 4.69) is 14.7 Å². The van der Waals surface area contributed by atoms with Crippen LogP contribution in [0.3, 0.4) is 0 Å². The molecule has 6 nitrogen and oxygen atoms in total. The molecule has 1 fully saturated rings. The monoisotopic (exact) mass is 423 g/mol. The van der Waals surface area contributed by atoms with Gasteiger partial charge in [0.2, 0.25) is 5.82 Å². The third-order valence-corrected chi connectivity index (χ3v) is 5.49. The molecule has 0 spiro atoms. The van der Waals surface area contributed by atoms with Crippen molar-refractivity contribution >= 4 is 29.1 Å². The summed E-state index contributed by atoms with van der Waals surface area (Å²) in [6, 6.07) is 6.26. The summed E-state index contributed by atoms with van der Waals surface area (Å²) in [6.07, 6.45) is -4.39. The summed E-state index contributed by atoms with van der Waals surface area (Å²) in [7, 11) is 1.35. The standard InChI is InChI=1S/C16H14Cl2F3N3O3/c1-14(8-15(14,17)18)13(25)24(26-2)7-9-3-5-10(6-4-9)11-22-12(27-23-11)16(19,20)21/h3-6H,7-8H2,1-2H3. The molecule has 27 heavy (non-hydrogen) atoms. The third-order valence-electron chi connectivity index (χ3n) is 4.38. The summed E-state index contributed by atoms with van der Waals surface area (Å²) in [4.78, 5) is 21.0. The minimum atomic E-state index is -4.70. The lowest BCUT2D eigenvalue weighted by Gasteiger charge is -2.24. The number of nitrogens with zero attached hydrogens (tertiary/aromatic N) is 3. The fraction of sp³-hybridized carbons (Fsp3) is 0.438. The Morgan fingerprint density at radius 1 is 1.33 bits per heavy atom. The number of benzene rings is 1. The lowest BCUT2D eigenvalue weighted by atomic mass is 10.1. The molecule has 1 aliphatic carbocycles. The zero-order valence-electron chi connectivity index (χ0n) is 14.2. The van der Waals surface area contributed by atoms with E-state index in [4.69, 9.17) is 28.0 Å². The second-order valence-corrected chi connectivity index (χ2v) is 7.84. The first-order valence-electron chi connectivity index (χ1n) is 7.72. The maximum absolute atomic E-state index is 12.6. The van der Waals surface area contributed by atoms with Crippen LogP contribution >= 0.6 is 23.2 Å². The van der Waals surface area contributed by atoms with Crippen molar-refractivity contribution in [3.05, 3.63) is 35.7 Å². The maximum atomic E-state index is 12.6. The number of hydrogen-bond acceptors (Lipinski definition) is 5. The lowest BCUT2D eigenvalue weighted by molar-refractivity contribution is -0.185. The van der Waals surface area contributed by atoms with E-state index in [0.29, 0.717) is 17.5 Å². The van der Waals surface area contributed by atoms with E-state index in [9.17, 15) is 18.0 Å². The molecule has 1 heterocycles. The molecule has 146 valence electrons. The predicted octanol–water partition coefficient (Wildman–Crippen LogP) is 4.23. The number of rotatable bonds is 5. The number of carbonyl (C=O) groups is 1. The van der Waals surface area contributed by atoms with Crippen molar-refractivity contribution in [3.8, 4) is 11.4 Å². The Morgan fingerprint density at radius 3 is 2.37 bits per heavy atom. The molecule has 0 bridgehead atoms. The van der Waals surface area contributed by atoms with Gasteiger partial charge in [-0.1, -0.05) is 29.4 Å². The SMILES string of the molecule is CON(Cc1ccc(-c2noc(C(F)(F)F)n2)cc1)C(=O)C1(C)CC1(Cl)Cl. The number of hydrogen-bond donors (Lipinski definition) is 0. The minimum absolute atomic E-state index is 0.106. The average Bonchev–Trinajstić information content (AvgIpc) is 2.96. The topological polar surface area (TPSA) is 68.5 Å². The first kappa shape index (κ1) is 19.9. The van der Waals surface area contributed by atoms with E-state index in [1.807, 2.05) is 0 Å².